The van der Waals surface area contributed by atoms with E-state index in [9.17, 15) is 4.79 Å². The predicted molar refractivity (Wildman–Crippen MR) is 52.1 cm³/mol. The van der Waals surface area contributed by atoms with Crippen LogP contribution in [0.3, 0.4) is 0 Å². The first-order chi connectivity index (χ1) is 6.09. The van der Waals surface area contributed by atoms with Gasteiger partial charge in [0.25, 0.3) is 5.56 Å². The molecule has 0 saturated heterocycles. The number of rotatable bonds is 3. The predicted octanol–water partition coefficient (Wildman–Crippen LogP) is 0.186. The largest absolute Gasteiger partial charge is 0.387 e. The molecule has 1 heterocycles. The van der Waals surface area contributed by atoms with Crippen LogP contribution in [-0.2, 0) is 0 Å². The van der Waals surface area contributed by atoms with Crippen molar-refractivity contribution >= 4 is 17.6 Å². The molecule has 5 nitrogen and oxygen atoms in total. The van der Waals surface area contributed by atoms with Gasteiger partial charge >= 0.3 is 0 Å². The van der Waals surface area contributed by atoms with Gasteiger partial charge in [0.2, 0.25) is 0 Å². The van der Waals surface area contributed by atoms with Crippen molar-refractivity contribution in [2.75, 3.05) is 0 Å². The van der Waals surface area contributed by atoms with Crippen molar-refractivity contribution in [1.29, 1.82) is 5.41 Å². The van der Waals surface area contributed by atoms with Gasteiger partial charge in [-0.25, -0.2) is 4.98 Å². The summed E-state index contributed by atoms with van der Waals surface area (Å²) in [4.78, 5) is 17.3. The molecule has 70 valence electrons. The van der Waals surface area contributed by atoms with Crippen molar-refractivity contribution in [2.24, 2.45) is 5.73 Å². The molecule has 0 aliphatic heterocycles. The summed E-state index contributed by atoms with van der Waals surface area (Å²) < 4.78 is 0. The molecule has 0 aromatic carbocycles. The monoisotopic (exact) mass is 198 g/mol. The van der Waals surface area contributed by atoms with E-state index in [0.29, 0.717) is 5.16 Å². The normalized spacial score (nSPS) is 12.4. The first kappa shape index (κ1) is 9.79. The molecule has 4 N–H and O–H groups in total. The molecule has 0 fully saturated rings. The number of aromatic amines is 1. The second-order valence-corrected chi connectivity index (χ2v) is 3.78. The molecule has 1 aromatic rings. The van der Waals surface area contributed by atoms with Crippen molar-refractivity contribution < 1.29 is 0 Å². The Morgan fingerprint density at radius 3 is 3.08 bits per heavy atom. The van der Waals surface area contributed by atoms with Crippen LogP contribution >= 0.6 is 11.8 Å². The average Bonchev–Trinajstić information content (AvgIpc) is 2.04. The Hall–Kier alpha value is -1.30. The van der Waals surface area contributed by atoms with Gasteiger partial charge in [0.15, 0.2) is 5.16 Å². The fraction of sp³-hybridized carbons (Fsp3) is 0.286. The second kappa shape index (κ2) is 4.08. The van der Waals surface area contributed by atoms with Crippen LogP contribution in [0.5, 0.6) is 0 Å². The molecule has 0 spiro atoms. The van der Waals surface area contributed by atoms with E-state index < -0.39 is 0 Å². The zero-order chi connectivity index (χ0) is 9.84. The molecular weight excluding hydrogens is 188 g/mol. The maximum Gasteiger partial charge on any atom is 0.251 e. The van der Waals surface area contributed by atoms with Crippen molar-refractivity contribution in [3.63, 3.8) is 0 Å². The highest BCUT2D eigenvalue weighted by Gasteiger charge is 2.08. The lowest BCUT2D eigenvalue weighted by molar-refractivity contribution is 0.933. The number of hydrogen-bond acceptors (Lipinski definition) is 4. The van der Waals surface area contributed by atoms with E-state index in [4.69, 9.17) is 11.1 Å². The van der Waals surface area contributed by atoms with Crippen LogP contribution in [-0.4, -0.2) is 21.1 Å². The highest BCUT2D eigenvalue weighted by Crippen LogP contribution is 2.16. The molecule has 0 amide bonds. The minimum atomic E-state index is -0.201. The fourth-order valence-corrected chi connectivity index (χ4v) is 1.39. The summed E-state index contributed by atoms with van der Waals surface area (Å²) in [6.45, 7) is 1.78. The van der Waals surface area contributed by atoms with Crippen LogP contribution in [0.15, 0.2) is 22.2 Å². The number of thioether (sulfide) groups is 1. The molecule has 0 saturated carbocycles. The highest BCUT2D eigenvalue weighted by molar-refractivity contribution is 8.00. The van der Waals surface area contributed by atoms with E-state index in [0.717, 1.165) is 0 Å². The quantitative estimate of drug-likeness (QED) is 0.279. The molecule has 1 rings (SSSR count). The van der Waals surface area contributed by atoms with E-state index in [1.54, 1.807) is 6.92 Å². The third kappa shape index (κ3) is 2.90. The molecule has 1 aromatic heterocycles. The van der Waals surface area contributed by atoms with Crippen LogP contribution in [0.1, 0.15) is 6.92 Å². The number of nitrogens with one attached hydrogen (secondary N) is 2. The summed E-state index contributed by atoms with van der Waals surface area (Å²) in [6.07, 6.45) is 1.42. The number of aromatic nitrogens is 2. The Labute approximate surface area is 79.3 Å². The van der Waals surface area contributed by atoms with Crippen LogP contribution in [0.4, 0.5) is 0 Å². The zero-order valence-electron chi connectivity index (χ0n) is 7.07. The first-order valence-electron chi connectivity index (χ1n) is 3.65. The summed E-state index contributed by atoms with van der Waals surface area (Å²) in [5, 5.41) is 7.45. The minimum absolute atomic E-state index is 0.0662. The van der Waals surface area contributed by atoms with Gasteiger partial charge in [-0.2, -0.15) is 0 Å². The molecule has 1 unspecified atom stereocenters. The van der Waals surface area contributed by atoms with Crippen molar-refractivity contribution in [1.82, 2.24) is 9.97 Å². The van der Waals surface area contributed by atoms with Crippen LogP contribution < -0.4 is 11.3 Å². The smallest absolute Gasteiger partial charge is 0.251 e. The summed E-state index contributed by atoms with van der Waals surface area (Å²) in [6, 6.07) is 1.34. The lowest BCUT2D eigenvalue weighted by Crippen LogP contribution is -2.22. The lowest BCUT2D eigenvalue weighted by Gasteiger charge is -2.06. The summed E-state index contributed by atoms with van der Waals surface area (Å²) in [5.74, 6) is 0.0662. The molecular formula is C7H10N4OS. The highest BCUT2D eigenvalue weighted by atomic mass is 32.2. The first-order valence-corrected chi connectivity index (χ1v) is 4.53. The lowest BCUT2D eigenvalue weighted by atomic mass is 10.4. The van der Waals surface area contributed by atoms with Gasteiger partial charge in [-0.1, -0.05) is 11.8 Å². The van der Waals surface area contributed by atoms with E-state index in [-0.39, 0.29) is 16.6 Å². The molecule has 6 heteroatoms. The second-order valence-electron chi connectivity index (χ2n) is 2.45. The minimum Gasteiger partial charge on any atom is -0.387 e. The summed E-state index contributed by atoms with van der Waals surface area (Å²) >= 11 is 1.25. The van der Waals surface area contributed by atoms with Gasteiger partial charge in [0, 0.05) is 12.3 Å². The Kier molecular flexibility index (Phi) is 3.07. The SMILES string of the molecule is CC(Sc1nccc(=O)[nH]1)C(=N)N. The van der Waals surface area contributed by atoms with Crippen LogP contribution in [0.2, 0.25) is 0 Å². The maximum atomic E-state index is 10.8. The number of H-pyrrole nitrogens is 1. The number of amidine groups is 1. The van der Waals surface area contributed by atoms with Crippen LogP contribution in [0.25, 0.3) is 0 Å². The maximum absolute atomic E-state index is 10.8. The van der Waals surface area contributed by atoms with E-state index in [2.05, 4.69) is 9.97 Å². The van der Waals surface area contributed by atoms with Crippen molar-refractivity contribution in [2.45, 2.75) is 17.3 Å². The molecule has 13 heavy (non-hydrogen) atoms. The zero-order valence-corrected chi connectivity index (χ0v) is 7.89. The number of hydrogen-bond donors (Lipinski definition) is 3. The molecule has 0 aliphatic rings. The average molecular weight is 198 g/mol. The topological polar surface area (TPSA) is 95.6 Å². The molecule has 1 atom stereocenters. The Bertz CT molecular complexity index is 362. The third-order valence-electron chi connectivity index (χ3n) is 1.37. The Balaban J connectivity index is 2.75. The van der Waals surface area contributed by atoms with E-state index >= 15 is 0 Å². The van der Waals surface area contributed by atoms with Gasteiger partial charge in [-0.3, -0.25) is 10.2 Å². The van der Waals surface area contributed by atoms with E-state index in [1.165, 1.54) is 24.0 Å². The van der Waals surface area contributed by atoms with Gasteiger partial charge < -0.3 is 10.7 Å². The van der Waals surface area contributed by atoms with Crippen LogP contribution in [0, 0.1) is 5.41 Å². The van der Waals surface area contributed by atoms with Crippen molar-refractivity contribution in [3.8, 4) is 0 Å². The Morgan fingerprint density at radius 2 is 2.54 bits per heavy atom. The summed E-state index contributed by atoms with van der Waals surface area (Å²) in [7, 11) is 0. The molecule has 0 radical (unpaired) electrons. The molecule has 0 aliphatic carbocycles. The van der Waals surface area contributed by atoms with Gasteiger partial charge in [-0.05, 0) is 6.92 Å². The number of nitrogens with two attached hydrogens (primary N) is 1. The standard InChI is InChI=1S/C7H10N4OS/c1-4(6(8)9)13-7-10-3-2-5(12)11-7/h2-4H,1H3,(H3,8,9)(H,10,11,12). The number of nitrogens with zero attached hydrogens (tertiary/aromatic N) is 1. The van der Waals surface area contributed by atoms with Crippen molar-refractivity contribution in [3.05, 3.63) is 22.6 Å². The van der Waals surface area contributed by atoms with Gasteiger partial charge in [0.05, 0.1) is 5.25 Å². The summed E-state index contributed by atoms with van der Waals surface area (Å²) in [5.41, 5.74) is 5.06. The third-order valence-corrected chi connectivity index (χ3v) is 2.41. The van der Waals surface area contributed by atoms with E-state index in [1.807, 2.05) is 0 Å². The fourth-order valence-electron chi connectivity index (χ4n) is 0.643. The molecule has 0 bridgehead atoms. The Morgan fingerprint density at radius 1 is 1.85 bits per heavy atom. The van der Waals surface area contributed by atoms with Gasteiger partial charge in [0.1, 0.15) is 5.84 Å². The van der Waals surface area contributed by atoms with Gasteiger partial charge in [-0.15, -0.1) is 0 Å².